The molecule has 1 aromatic rings. The Hall–Kier alpha value is -1.47. The molecule has 2 unspecified atom stereocenters. The molecule has 1 amide bonds. The maximum absolute atomic E-state index is 12.6. The summed E-state index contributed by atoms with van der Waals surface area (Å²) in [5, 5.41) is 2.76. The van der Waals surface area contributed by atoms with Gasteiger partial charge in [-0.2, -0.15) is 13.2 Å². The first kappa shape index (κ1) is 21.6. The summed E-state index contributed by atoms with van der Waals surface area (Å²) in [6, 6.07) is 4.67. The number of amides is 1. The first-order chi connectivity index (χ1) is 11.2. The van der Waals surface area contributed by atoms with Gasteiger partial charge in [-0.3, -0.25) is 4.79 Å². The highest BCUT2D eigenvalue weighted by Crippen LogP contribution is 2.32. The first-order valence-electron chi connectivity index (χ1n) is 8.07. The van der Waals surface area contributed by atoms with Gasteiger partial charge in [0.15, 0.2) is 0 Å². The fraction of sp³-hybridized carbons (Fsp3) is 0.588. The number of ether oxygens (including phenoxy) is 1. The molecule has 1 fully saturated rings. The van der Waals surface area contributed by atoms with E-state index in [9.17, 15) is 18.0 Å². The number of benzene rings is 1. The van der Waals surface area contributed by atoms with Crippen molar-refractivity contribution < 1.29 is 22.7 Å². The van der Waals surface area contributed by atoms with Crippen molar-refractivity contribution >= 4 is 18.3 Å². The molecule has 0 heterocycles. The molecular weight excluding hydrogens is 357 g/mol. The van der Waals surface area contributed by atoms with E-state index in [0.29, 0.717) is 0 Å². The van der Waals surface area contributed by atoms with Gasteiger partial charge in [-0.25, -0.2) is 0 Å². The number of halogens is 4. The minimum atomic E-state index is -4.40. The number of nitrogens with two attached hydrogens (primary N) is 1. The first-order valence-corrected chi connectivity index (χ1v) is 8.07. The maximum Gasteiger partial charge on any atom is 0.416 e. The summed E-state index contributed by atoms with van der Waals surface area (Å²) in [6.45, 7) is 2.21. The van der Waals surface area contributed by atoms with Crippen molar-refractivity contribution in [2.75, 3.05) is 13.2 Å². The van der Waals surface area contributed by atoms with Crippen LogP contribution in [0.2, 0.25) is 0 Å². The molecule has 3 N–H and O–H groups in total. The Kier molecular flexibility index (Phi) is 7.56. The second-order valence-electron chi connectivity index (χ2n) is 6.47. The van der Waals surface area contributed by atoms with Crippen molar-refractivity contribution in [2.24, 2.45) is 11.7 Å². The van der Waals surface area contributed by atoms with Crippen molar-refractivity contribution in [3.63, 3.8) is 0 Å². The molecule has 0 spiro atoms. The summed E-state index contributed by atoms with van der Waals surface area (Å²) < 4.78 is 43.1. The van der Waals surface area contributed by atoms with E-state index in [-0.39, 0.29) is 43.1 Å². The lowest BCUT2D eigenvalue weighted by Gasteiger charge is -2.37. The van der Waals surface area contributed by atoms with E-state index in [4.69, 9.17) is 10.5 Å². The fourth-order valence-electron chi connectivity index (χ4n) is 3.02. The molecular formula is C17H24ClF3N2O2. The van der Waals surface area contributed by atoms with Crippen LogP contribution in [0.5, 0.6) is 5.75 Å². The van der Waals surface area contributed by atoms with Gasteiger partial charge in [0.05, 0.1) is 18.0 Å². The second-order valence-corrected chi connectivity index (χ2v) is 6.47. The minimum absolute atomic E-state index is 0. The van der Waals surface area contributed by atoms with E-state index in [1.807, 2.05) is 6.92 Å². The monoisotopic (exact) mass is 380 g/mol. The third-order valence-corrected chi connectivity index (χ3v) is 4.40. The lowest BCUT2D eigenvalue weighted by molar-refractivity contribution is -0.137. The average molecular weight is 381 g/mol. The number of carbonyl (C=O) groups is 1. The molecule has 1 saturated carbocycles. The van der Waals surface area contributed by atoms with E-state index in [1.54, 1.807) is 0 Å². The van der Waals surface area contributed by atoms with Crippen LogP contribution < -0.4 is 15.8 Å². The smallest absolute Gasteiger partial charge is 0.416 e. The SMILES string of the molecule is CC1(N)CCCCC1C(=O)NCCOc1cccc(C(F)(F)F)c1.Cl. The Balaban J connectivity index is 0.00000312. The summed E-state index contributed by atoms with van der Waals surface area (Å²) in [7, 11) is 0. The van der Waals surface area contributed by atoms with Gasteiger partial charge in [0.25, 0.3) is 0 Å². The zero-order valence-electron chi connectivity index (χ0n) is 14.1. The number of carbonyl (C=O) groups excluding carboxylic acids is 1. The van der Waals surface area contributed by atoms with Crippen LogP contribution in [0.4, 0.5) is 13.2 Å². The number of rotatable bonds is 5. The number of hydrogen-bond acceptors (Lipinski definition) is 3. The van der Waals surface area contributed by atoms with E-state index in [2.05, 4.69) is 5.32 Å². The highest BCUT2D eigenvalue weighted by Gasteiger charge is 2.37. The zero-order chi connectivity index (χ0) is 17.8. The molecule has 2 atom stereocenters. The molecule has 25 heavy (non-hydrogen) atoms. The summed E-state index contributed by atoms with van der Waals surface area (Å²) in [5.74, 6) is -0.229. The molecule has 8 heteroatoms. The predicted molar refractivity (Wildman–Crippen MR) is 91.7 cm³/mol. The van der Waals surface area contributed by atoms with Gasteiger partial charge < -0.3 is 15.8 Å². The predicted octanol–water partition coefficient (Wildman–Crippen LogP) is 3.53. The molecule has 0 bridgehead atoms. The Labute approximate surface area is 151 Å². The third-order valence-electron chi connectivity index (χ3n) is 4.40. The van der Waals surface area contributed by atoms with Crippen LogP contribution >= 0.6 is 12.4 Å². The lowest BCUT2D eigenvalue weighted by atomic mass is 9.74. The van der Waals surface area contributed by atoms with Crippen molar-refractivity contribution in [2.45, 2.75) is 44.3 Å². The van der Waals surface area contributed by atoms with Gasteiger partial charge in [0, 0.05) is 5.54 Å². The molecule has 0 aromatic heterocycles. The van der Waals surface area contributed by atoms with Crippen LogP contribution in [-0.4, -0.2) is 24.6 Å². The average Bonchev–Trinajstić information content (AvgIpc) is 2.50. The van der Waals surface area contributed by atoms with E-state index in [1.165, 1.54) is 12.1 Å². The van der Waals surface area contributed by atoms with Crippen LogP contribution in [0.15, 0.2) is 24.3 Å². The molecule has 1 aliphatic rings. The van der Waals surface area contributed by atoms with Crippen molar-refractivity contribution in [3.05, 3.63) is 29.8 Å². The Bertz CT molecular complexity index is 579. The van der Waals surface area contributed by atoms with Crippen LogP contribution in [0, 0.1) is 5.92 Å². The summed E-state index contributed by atoms with van der Waals surface area (Å²) in [6.07, 6.45) is -0.833. The van der Waals surface area contributed by atoms with Gasteiger partial charge in [-0.1, -0.05) is 18.9 Å². The number of alkyl halides is 3. The molecule has 142 valence electrons. The largest absolute Gasteiger partial charge is 0.492 e. The molecule has 0 saturated heterocycles. The highest BCUT2D eigenvalue weighted by molar-refractivity contribution is 5.85. The quantitative estimate of drug-likeness (QED) is 0.768. The minimum Gasteiger partial charge on any atom is -0.492 e. The molecule has 4 nitrogen and oxygen atoms in total. The van der Waals surface area contributed by atoms with E-state index < -0.39 is 17.3 Å². The van der Waals surface area contributed by atoms with Crippen molar-refractivity contribution in [1.29, 1.82) is 0 Å². The lowest BCUT2D eigenvalue weighted by Crippen LogP contribution is -2.53. The van der Waals surface area contributed by atoms with Crippen LogP contribution in [0.3, 0.4) is 0 Å². The van der Waals surface area contributed by atoms with Gasteiger partial charge >= 0.3 is 6.18 Å². The Morgan fingerprint density at radius 3 is 2.76 bits per heavy atom. The fourth-order valence-corrected chi connectivity index (χ4v) is 3.02. The van der Waals surface area contributed by atoms with E-state index >= 15 is 0 Å². The third kappa shape index (κ3) is 6.08. The highest BCUT2D eigenvalue weighted by atomic mass is 35.5. The van der Waals surface area contributed by atoms with E-state index in [0.717, 1.165) is 37.8 Å². The molecule has 0 aliphatic heterocycles. The zero-order valence-corrected chi connectivity index (χ0v) is 14.9. The Morgan fingerprint density at radius 1 is 1.40 bits per heavy atom. The summed E-state index contributed by atoms with van der Waals surface area (Å²) in [4.78, 5) is 12.2. The normalized spacial score (nSPS) is 23.5. The van der Waals surface area contributed by atoms with Crippen molar-refractivity contribution in [1.82, 2.24) is 5.32 Å². The van der Waals surface area contributed by atoms with Crippen molar-refractivity contribution in [3.8, 4) is 5.75 Å². The van der Waals surface area contributed by atoms with Gasteiger partial charge in [0.1, 0.15) is 12.4 Å². The number of nitrogens with one attached hydrogen (secondary N) is 1. The molecule has 2 rings (SSSR count). The molecule has 1 aliphatic carbocycles. The van der Waals surface area contributed by atoms with Crippen LogP contribution in [0.1, 0.15) is 38.2 Å². The Morgan fingerprint density at radius 2 is 2.12 bits per heavy atom. The topological polar surface area (TPSA) is 64.4 Å². The van der Waals surface area contributed by atoms with Gasteiger partial charge in [0.2, 0.25) is 5.91 Å². The maximum atomic E-state index is 12.6. The van der Waals surface area contributed by atoms with Gasteiger partial charge in [-0.15, -0.1) is 12.4 Å². The van der Waals surface area contributed by atoms with Crippen LogP contribution in [-0.2, 0) is 11.0 Å². The molecule has 0 radical (unpaired) electrons. The number of hydrogen-bond donors (Lipinski definition) is 2. The van der Waals surface area contributed by atoms with Gasteiger partial charge in [-0.05, 0) is 38.0 Å². The summed E-state index contributed by atoms with van der Waals surface area (Å²) >= 11 is 0. The second kappa shape index (κ2) is 8.76. The standard InChI is InChI=1S/C17H23F3N2O2.ClH/c1-16(21)8-3-2-7-14(16)15(23)22-9-10-24-13-6-4-5-12(11-13)17(18,19)20;/h4-6,11,14H,2-3,7-10,21H2,1H3,(H,22,23);1H. The molecule has 1 aromatic carbocycles. The van der Waals surface area contributed by atoms with Crippen LogP contribution in [0.25, 0.3) is 0 Å². The summed E-state index contributed by atoms with van der Waals surface area (Å²) in [5.41, 5.74) is 4.91.